The van der Waals surface area contributed by atoms with Crippen LogP contribution < -0.4 is 5.32 Å². The van der Waals surface area contributed by atoms with Gasteiger partial charge in [-0.15, -0.1) is 11.3 Å². The molecule has 0 aliphatic carbocycles. The van der Waals surface area contributed by atoms with Gasteiger partial charge in [0, 0.05) is 37.8 Å². The van der Waals surface area contributed by atoms with Crippen molar-refractivity contribution in [3.05, 3.63) is 35.5 Å². The predicted molar refractivity (Wildman–Crippen MR) is 94.1 cm³/mol. The van der Waals surface area contributed by atoms with E-state index in [2.05, 4.69) is 15.3 Å². The van der Waals surface area contributed by atoms with E-state index in [0.29, 0.717) is 49.4 Å². The summed E-state index contributed by atoms with van der Waals surface area (Å²) >= 11 is 1.35. The number of rotatable bonds is 4. The maximum atomic E-state index is 12.6. The zero-order valence-electron chi connectivity index (χ0n) is 13.8. The lowest BCUT2D eigenvalue weighted by molar-refractivity contribution is 0.0566. The molecule has 2 amide bonds. The van der Waals surface area contributed by atoms with E-state index < -0.39 is 0 Å². The number of hydrogen-bond acceptors (Lipinski definition) is 7. The second-order valence-corrected chi connectivity index (χ2v) is 6.21. The number of hydrogen-bond donors (Lipinski definition) is 1. The fraction of sp³-hybridized carbons (Fsp3) is 0.375. The molecule has 1 fully saturated rings. The van der Waals surface area contributed by atoms with Crippen LogP contribution >= 0.6 is 11.3 Å². The fourth-order valence-electron chi connectivity index (χ4n) is 2.44. The van der Waals surface area contributed by atoms with Crippen LogP contribution in [0, 0.1) is 0 Å². The Morgan fingerprint density at radius 1 is 1.24 bits per heavy atom. The molecule has 0 atom stereocenters. The number of carbonyl (C=O) groups is 2. The Kier molecular flexibility index (Phi) is 5.44. The van der Waals surface area contributed by atoms with Crippen molar-refractivity contribution in [3.63, 3.8) is 0 Å². The lowest BCUT2D eigenvalue weighted by atomic mass is 10.3. The normalized spacial score (nSPS) is 14.3. The molecule has 0 spiro atoms. The molecule has 1 aliphatic heterocycles. The van der Waals surface area contributed by atoms with E-state index >= 15 is 0 Å². The molecule has 3 rings (SSSR count). The first-order chi connectivity index (χ1) is 12.2. The van der Waals surface area contributed by atoms with E-state index in [9.17, 15) is 9.59 Å². The van der Waals surface area contributed by atoms with Crippen molar-refractivity contribution in [3.8, 4) is 0 Å². The molecule has 2 aromatic heterocycles. The number of piperazine rings is 1. The van der Waals surface area contributed by atoms with Crippen molar-refractivity contribution in [2.45, 2.75) is 6.92 Å². The topological polar surface area (TPSA) is 87.7 Å². The quantitative estimate of drug-likeness (QED) is 0.898. The number of carbonyl (C=O) groups excluding carboxylic acids is 2. The number of nitrogens with zero attached hydrogens (tertiary/aromatic N) is 4. The van der Waals surface area contributed by atoms with Gasteiger partial charge < -0.3 is 19.9 Å². The van der Waals surface area contributed by atoms with Crippen LogP contribution in [0.5, 0.6) is 0 Å². The monoisotopic (exact) mass is 361 g/mol. The van der Waals surface area contributed by atoms with Gasteiger partial charge in [-0.2, -0.15) is 0 Å². The molecule has 9 heteroatoms. The lowest BCUT2D eigenvalue weighted by Gasteiger charge is -2.33. The van der Waals surface area contributed by atoms with Crippen LogP contribution in [0.1, 0.15) is 17.4 Å². The molecule has 1 N–H and O–H groups in total. The van der Waals surface area contributed by atoms with Crippen LogP contribution in [-0.4, -0.2) is 64.6 Å². The van der Waals surface area contributed by atoms with Crippen LogP contribution in [-0.2, 0) is 4.74 Å². The first-order valence-electron chi connectivity index (χ1n) is 8.02. The highest BCUT2D eigenvalue weighted by atomic mass is 32.1. The molecule has 0 bridgehead atoms. The number of pyridine rings is 1. The SMILES string of the molecule is CCOC(=O)N1CCN(C(=O)c2csc(Nc3ccccn3)n2)CC1. The summed E-state index contributed by atoms with van der Waals surface area (Å²) in [6.45, 7) is 4.00. The third-order valence-corrected chi connectivity index (χ3v) is 4.47. The molecule has 1 aliphatic rings. The van der Waals surface area contributed by atoms with Gasteiger partial charge in [0.2, 0.25) is 0 Å². The molecule has 3 heterocycles. The second kappa shape index (κ2) is 7.93. The van der Waals surface area contributed by atoms with Crippen LogP contribution in [0.15, 0.2) is 29.8 Å². The van der Waals surface area contributed by atoms with E-state index in [4.69, 9.17) is 4.74 Å². The van der Waals surface area contributed by atoms with Gasteiger partial charge in [-0.25, -0.2) is 14.8 Å². The Hall–Kier alpha value is -2.68. The zero-order chi connectivity index (χ0) is 17.6. The number of nitrogens with one attached hydrogen (secondary N) is 1. The summed E-state index contributed by atoms with van der Waals surface area (Å²) in [7, 11) is 0. The molecule has 0 unspecified atom stereocenters. The minimum absolute atomic E-state index is 0.131. The maximum absolute atomic E-state index is 12.6. The van der Waals surface area contributed by atoms with E-state index in [0.717, 1.165) is 0 Å². The first kappa shape index (κ1) is 17.2. The molecule has 0 aromatic carbocycles. The summed E-state index contributed by atoms with van der Waals surface area (Å²) in [5, 5.41) is 5.42. The van der Waals surface area contributed by atoms with Crippen LogP contribution in [0.2, 0.25) is 0 Å². The smallest absolute Gasteiger partial charge is 0.409 e. The summed E-state index contributed by atoms with van der Waals surface area (Å²) in [5.41, 5.74) is 0.396. The molecule has 8 nitrogen and oxygen atoms in total. The van der Waals surface area contributed by atoms with Crippen molar-refractivity contribution in [2.75, 3.05) is 38.1 Å². The second-order valence-electron chi connectivity index (χ2n) is 5.36. The van der Waals surface area contributed by atoms with Gasteiger partial charge in [0.1, 0.15) is 11.5 Å². The van der Waals surface area contributed by atoms with Gasteiger partial charge in [-0.1, -0.05) is 6.07 Å². The third kappa shape index (κ3) is 4.24. The number of ether oxygens (including phenoxy) is 1. The molecule has 25 heavy (non-hydrogen) atoms. The number of thiazole rings is 1. The minimum atomic E-state index is -0.329. The fourth-order valence-corrected chi connectivity index (χ4v) is 3.14. The average molecular weight is 361 g/mol. The van der Waals surface area contributed by atoms with E-state index in [-0.39, 0.29) is 12.0 Å². The van der Waals surface area contributed by atoms with Gasteiger partial charge in [0.15, 0.2) is 5.13 Å². The highest BCUT2D eigenvalue weighted by Crippen LogP contribution is 2.20. The molecule has 0 radical (unpaired) electrons. The lowest BCUT2D eigenvalue weighted by Crippen LogP contribution is -2.50. The van der Waals surface area contributed by atoms with Gasteiger partial charge >= 0.3 is 6.09 Å². The Morgan fingerprint density at radius 2 is 2.00 bits per heavy atom. The summed E-state index contributed by atoms with van der Waals surface area (Å²) in [6.07, 6.45) is 1.36. The van der Waals surface area contributed by atoms with Gasteiger partial charge in [0.25, 0.3) is 5.91 Å². The largest absolute Gasteiger partial charge is 0.450 e. The van der Waals surface area contributed by atoms with E-state index in [1.807, 2.05) is 18.2 Å². The summed E-state index contributed by atoms with van der Waals surface area (Å²) in [5.74, 6) is 0.549. The van der Waals surface area contributed by atoms with Crippen LogP contribution in [0.3, 0.4) is 0 Å². The van der Waals surface area contributed by atoms with E-state index in [1.54, 1.807) is 28.3 Å². The minimum Gasteiger partial charge on any atom is -0.450 e. The Balaban J connectivity index is 1.56. The van der Waals surface area contributed by atoms with Crippen molar-refractivity contribution < 1.29 is 14.3 Å². The molecule has 132 valence electrons. The summed E-state index contributed by atoms with van der Waals surface area (Å²) in [4.78, 5) is 36.1. The highest BCUT2D eigenvalue weighted by molar-refractivity contribution is 7.14. The summed E-state index contributed by atoms with van der Waals surface area (Å²) < 4.78 is 4.98. The van der Waals surface area contributed by atoms with Gasteiger partial charge in [-0.05, 0) is 19.1 Å². The molecular formula is C16H19N5O3S. The van der Waals surface area contributed by atoms with Crippen molar-refractivity contribution in [1.29, 1.82) is 0 Å². The number of amides is 2. The zero-order valence-corrected chi connectivity index (χ0v) is 14.7. The van der Waals surface area contributed by atoms with Crippen LogP contribution in [0.25, 0.3) is 0 Å². The highest BCUT2D eigenvalue weighted by Gasteiger charge is 2.26. The van der Waals surface area contributed by atoms with Crippen molar-refractivity contribution in [2.24, 2.45) is 0 Å². The Labute approximate surface area is 149 Å². The van der Waals surface area contributed by atoms with E-state index in [1.165, 1.54) is 11.3 Å². The van der Waals surface area contributed by atoms with Gasteiger partial charge in [-0.3, -0.25) is 4.79 Å². The maximum Gasteiger partial charge on any atom is 0.409 e. The Bertz CT molecular complexity index is 728. The Morgan fingerprint density at radius 3 is 2.68 bits per heavy atom. The molecule has 1 saturated heterocycles. The van der Waals surface area contributed by atoms with Crippen LogP contribution in [0.4, 0.5) is 15.7 Å². The van der Waals surface area contributed by atoms with Crippen molar-refractivity contribution >= 4 is 34.3 Å². The standard InChI is InChI=1S/C16H19N5O3S/c1-2-24-16(23)21-9-7-20(8-10-21)14(22)12-11-25-15(18-12)19-13-5-3-4-6-17-13/h3-6,11H,2,7-10H2,1H3,(H,17,18,19). The predicted octanol–water partition coefficient (Wildman–Crippen LogP) is 2.20. The average Bonchev–Trinajstić information content (AvgIpc) is 3.11. The molecule has 0 saturated carbocycles. The molecular weight excluding hydrogens is 342 g/mol. The summed E-state index contributed by atoms with van der Waals surface area (Å²) in [6, 6.07) is 5.54. The molecule has 2 aromatic rings. The first-order valence-corrected chi connectivity index (χ1v) is 8.90. The third-order valence-electron chi connectivity index (χ3n) is 3.72. The number of anilines is 2. The van der Waals surface area contributed by atoms with Crippen molar-refractivity contribution in [1.82, 2.24) is 19.8 Å². The van der Waals surface area contributed by atoms with Gasteiger partial charge in [0.05, 0.1) is 6.61 Å². The number of aromatic nitrogens is 2.